The van der Waals surface area contributed by atoms with Gasteiger partial charge in [-0.25, -0.2) is 0 Å². The van der Waals surface area contributed by atoms with E-state index in [2.05, 4.69) is 222 Å². The number of rotatable bonds is 6. The van der Waals surface area contributed by atoms with Crippen LogP contribution in [0.5, 0.6) is 0 Å². The Morgan fingerprint density at radius 1 is 0.281 bits per heavy atom. The molecule has 0 saturated carbocycles. The summed E-state index contributed by atoms with van der Waals surface area (Å²) in [5.41, 5.74) is 1.07. The van der Waals surface area contributed by atoms with Gasteiger partial charge in [0.1, 0.15) is 0 Å². The van der Waals surface area contributed by atoms with Crippen molar-refractivity contribution in [1.29, 1.82) is 0 Å². The molecule has 57 heavy (non-hydrogen) atoms. The molecule has 0 aliphatic rings. The first-order valence-electron chi connectivity index (χ1n) is 16.5. The van der Waals surface area contributed by atoms with Crippen LogP contribution in [0.2, 0.25) is 0 Å². The third-order valence-electron chi connectivity index (χ3n) is 7.89. The standard InChI is InChI=1S/C36H30NP2.C7H7.5CO.W/c1-7-19-31(20-8-1)38(32-21-9-2-10-22-32,33-23-11-3-12-24-33)37-39(34-25-13-4-14-26-34,35-27-15-5-16-28-35)36-29-17-6-18-30-36;1-7-5-3-2-4-6-7;5*1-2;/h1-30H;2-6H,1H2;;;;;;/q+1;-1;;;;;;. The first-order chi connectivity index (χ1) is 27.7. The molecule has 0 amide bonds. The summed E-state index contributed by atoms with van der Waals surface area (Å²) < 4.78 is 43.9. The van der Waals surface area contributed by atoms with Crippen molar-refractivity contribution in [2.24, 2.45) is 0 Å². The molecule has 0 spiro atoms. The Labute approximate surface area is 350 Å². The van der Waals surface area contributed by atoms with Gasteiger partial charge in [0.05, 0.1) is 31.8 Å². The molecule has 0 aliphatic carbocycles. The number of benzene rings is 7. The Kier molecular flexibility index (Phi) is 27.6. The van der Waals surface area contributed by atoms with Crippen LogP contribution in [0.4, 0.5) is 0 Å². The zero-order chi connectivity index (χ0) is 41.5. The van der Waals surface area contributed by atoms with E-state index in [1.54, 1.807) is 0 Å². The van der Waals surface area contributed by atoms with E-state index in [4.69, 9.17) is 27.4 Å². The van der Waals surface area contributed by atoms with Crippen molar-refractivity contribution in [3.8, 4) is 0 Å². The number of hydrogen-bond acceptors (Lipinski definition) is 0. The van der Waals surface area contributed by atoms with Gasteiger partial charge in [0, 0.05) is 21.1 Å². The molecule has 0 unspecified atom stereocenters. The van der Waals surface area contributed by atoms with Crippen LogP contribution < -0.4 is 36.0 Å². The fourth-order valence-corrected chi connectivity index (χ4v) is 15.2. The zero-order valence-electron chi connectivity index (χ0n) is 30.7. The summed E-state index contributed by atoms with van der Waals surface area (Å²) in [6.45, 7) is 26.2. The molecule has 0 N–H and O–H groups in total. The van der Waals surface area contributed by atoms with Gasteiger partial charge >= 0.3 is 70.6 Å². The summed E-state index contributed by atoms with van der Waals surface area (Å²) in [6.07, 6.45) is 0. The van der Waals surface area contributed by atoms with Gasteiger partial charge in [0.15, 0.2) is 0 Å². The van der Waals surface area contributed by atoms with Crippen LogP contribution in [0.25, 0.3) is 0 Å². The Morgan fingerprint density at radius 3 is 0.544 bits per heavy atom. The van der Waals surface area contributed by atoms with Gasteiger partial charge in [-0.2, -0.15) is 24.6 Å². The molecule has 0 fully saturated rings. The van der Waals surface area contributed by atoms with Gasteiger partial charge in [0.25, 0.3) is 0 Å². The second kappa shape index (κ2) is 30.6. The van der Waals surface area contributed by atoms with Gasteiger partial charge in [-0.15, -0.1) is 16.3 Å². The van der Waals surface area contributed by atoms with Gasteiger partial charge in [0.2, 0.25) is 0 Å². The molecule has 7 aromatic carbocycles. The average molecular weight is 954 g/mol. The van der Waals surface area contributed by atoms with Crippen LogP contribution in [0, 0.1) is 40.2 Å². The van der Waals surface area contributed by atoms with Crippen molar-refractivity contribution in [1.82, 2.24) is 4.17 Å². The van der Waals surface area contributed by atoms with E-state index in [9.17, 15) is 0 Å². The van der Waals surface area contributed by atoms with E-state index in [-0.39, 0.29) is 21.1 Å². The fraction of sp³-hybridized carbons (Fsp3) is 0. The predicted molar refractivity (Wildman–Crippen MR) is 223 cm³/mol. The Bertz CT molecular complexity index is 1960. The van der Waals surface area contributed by atoms with E-state index >= 15 is 0 Å². The molecule has 6 nitrogen and oxygen atoms in total. The quantitative estimate of drug-likeness (QED) is 0.0695. The molecule has 9 heteroatoms. The number of hydrogen-bond donors (Lipinski definition) is 0. The average Bonchev–Trinajstić information content (AvgIpc) is 3.32. The third-order valence-corrected chi connectivity index (χ3v) is 16.3. The Morgan fingerprint density at radius 2 is 0.421 bits per heavy atom. The summed E-state index contributed by atoms with van der Waals surface area (Å²) in [7, 11) is -4.99. The molecular formula is C48H37NO5P2W. The number of nitrogens with zero attached hydrogens (tertiary/aromatic N) is 1. The smallest absolute Gasteiger partial charge is 0.199 e. The van der Waals surface area contributed by atoms with E-state index in [1.807, 2.05) is 30.3 Å². The molecule has 0 radical (unpaired) electrons. The van der Waals surface area contributed by atoms with Gasteiger partial charge in [-0.1, -0.05) is 115 Å². The minimum absolute atomic E-state index is 0. The molecular weight excluding hydrogens is 916 g/mol. The third kappa shape index (κ3) is 13.8. The SMILES string of the molecule is [C-]#[O+].[C-]#[O+].[C-]#[O+].[C-]#[O+].[C-]#[O+].[CH2-]c1ccccc1.[W].c1ccc(P(=[N+]=P(c2ccccc2)(c2ccccc2)c2ccccc2)(c2ccccc2)c2ccccc2)cc1. The Balaban J connectivity index is 0.00000150. The first kappa shape index (κ1) is 51.4. The van der Waals surface area contributed by atoms with Crippen molar-refractivity contribution in [2.75, 3.05) is 0 Å². The van der Waals surface area contributed by atoms with Gasteiger partial charge in [-0.3, -0.25) is 0 Å². The fourth-order valence-electron chi connectivity index (χ4n) is 5.75. The summed E-state index contributed by atoms with van der Waals surface area (Å²) in [6, 6.07) is 75.5. The maximum atomic E-state index is 7.50. The topological polar surface area (TPSA) is 114 Å². The minimum Gasteiger partial charge on any atom is -0.199 e. The molecule has 0 bridgehead atoms. The molecule has 280 valence electrons. The van der Waals surface area contributed by atoms with Crippen LogP contribution >= 0.6 is 14.1 Å². The van der Waals surface area contributed by atoms with Crippen molar-refractivity contribution >= 4 is 45.9 Å². The van der Waals surface area contributed by atoms with Gasteiger partial charge < -0.3 is 0 Å². The van der Waals surface area contributed by atoms with Gasteiger partial charge in [-0.05, 0) is 72.8 Å². The second-order valence-electron chi connectivity index (χ2n) is 10.9. The zero-order valence-corrected chi connectivity index (χ0v) is 35.4. The summed E-state index contributed by atoms with van der Waals surface area (Å²) in [5.74, 6) is 0. The molecule has 0 aromatic heterocycles. The predicted octanol–water partition coefficient (Wildman–Crippen LogP) is 8.09. The maximum Gasteiger partial charge on any atom is 0.301 e. The summed E-state index contributed by atoms with van der Waals surface area (Å²) >= 11 is 0. The van der Waals surface area contributed by atoms with Crippen molar-refractivity contribution in [2.45, 2.75) is 0 Å². The van der Waals surface area contributed by atoms with E-state index in [0.29, 0.717) is 0 Å². The maximum absolute atomic E-state index is 7.50. The molecule has 7 rings (SSSR count). The molecule has 0 heterocycles. The van der Waals surface area contributed by atoms with Crippen molar-refractivity contribution < 1.29 is 44.3 Å². The normalized spacial score (nSPS) is 9.09. The molecule has 0 saturated heterocycles. The van der Waals surface area contributed by atoms with Crippen molar-refractivity contribution in [3.05, 3.63) is 258 Å². The van der Waals surface area contributed by atoms with Crippen LogP contribution in [-0.4, -0.2) is 0 Å². The molecule has 0 atom stereocenters. The van der Waals surface area contributed by atoms with Crippen molar-refractivity contribution in [3.63, 3.8) is 0 Å². The van der Waals surface area contributed by atoms with Crippen LogP contribution in [0.3, 0.4) is 0 Å². The van der Waals surface area contributed by atoms with Crippen LogP contribution in [-0.2, 0) is 44.3 Å². The largest absolute Gasteiger partial charge is 0.301 e. The van der Waals surface area contributed by atoms with Crippen LogP contribution in [0.1, 0.15) is 5.56 Å². The van der Waals surface area contributed by atoms with Crippen LogP contribution in [0.15, 0.2) is 212 Å². The van der Waals surface area contributed by atoms with E-state index in [0.717, 1.165) is 5.56 Å². The Hall–Kier alpha value is -5.63. The van der Waals surface area contributed by atoms with E-state index < -0.39 is 14.1 Å². The van der Waals surface area contributed by atoms with E-state index in [1.165, 1.54) is 31.8 Å². The second-order valence-corrected chi connectivity index (χ2v) is 17.2. The monoisotopic (exact) mass is 953 g/mol. The molecule has 7 aromatic rings. The minimum atomic E-state index is -2.50. The molecule has 0 aliphatic heterocycles. The first-order valence-corrected chi connectivity index (χ1v) is 20.0. The summed E-state index contributed by atoms with van der Waals surface area (Å²) in [5, 5.41) is 7.55. The summed E-state index contributed by atoms with van der Waals surface area (Å²) in [4.78, 5) is 0.